The van der Waals surface area contributed by atoms with Gasteiger partial charge in [-0.15, -0.1) is 0 Å². The van der Waals surface area contributed by atoms with Crippen LogP contribution in [0.15, 0.2) is 0 Å². The highest BCUT2D eigenvalue weighted by molar-refractivity contribution is 5.24. The molecule has 0 fully saturated rings. The number of nitrogens with one attached hydrogen (secondary N) is 1. The summed E-state index contributed by atoms with van der Waals surface area (Å²) in [6.45, 7) is 8.31. The molecule has 19 heavy (non-hydrogen) atoms. The van der Waals surface area contributed by atoms with Gasteiger partial charge in [0.1, 0.15) is 5.82 Å². The summed E-state index contributed by atoms with van der Waals surface area (Å²) >= 11 is 0. The first kappa shape index (κ1) is 15.9. The molecule has 108 valence electrons. The van der Waals surface area contributed by atoms with E-state index in [4.69, 9.17) is 0 Å². The van der Waals surface area contributed by atoms with Crippen LogP contribution in [0.3, 0.4) is 0 Å². The van der Waals surface area contributed by atoms with Crippen LogP contribution in [0.5, 0.6) is 0 Å². The topological polar surface area (TPSA) is 37.8 Å². The summed E-state index contributed by atoms with van der Waals surface area (Å²) in [6.07, 6.45) is -5.21. The maximum Gasteiger partial charge on any atom is 0.389 e. The first-order valence-electron chi connectivity index (χ1n) is 6.32. The van der Waals surface area contributed by atoms with E-state index in [0.29, 0.717) is 12.6 Å². The van der Waals surface area contributed by atoms with Crippen LogP contribution in [0.4, 0.5) is 13.2 Å². The number of aromatic nitrogens is 2. The lowest BCUT2D eigenvalue weighted by Crippen LogP contribution is -2.23. The van der Waals surface area contributed by atoms with Crippen molar-refractivity contribution < 1.29 is 13.2 Å². The smallest absolute Gasteiger partial charge is 0.310 e. The molecule has 0 aromatic carbocycles. The van der Waals surface area contributed by atoms with Crippen LogP contribution in [0.25, 0.3) is 0 Å². The van der Waals surface area contributed by atoms with Crippen molar-refractivity contribution in [1.29, 1.82) is 0 Å². The molecule has 0 unspecified atom stereocenters. The molecule has 0 aliphatic rings. The third-order valence-corrected chi connectivity index (χ3v) is 2.79. The van der Waals surface area contributed by atoms with E-state index in [1.165, 1.54) is 0 Å². The van der Waals surface area contributed by atoms with Crippen molar-refractivity contribution in [2.24, 2.45) is 0 Å². The maximum absolute atomic E-state index is 12.2. The van der Waals surface area contributed by atoms with Gasteiger partial charge in [0, 0.05) is 36.0 Å². The van der Waals surface area contributed by atoms with E-state index in [-0.39, 0.29) is 12.2 Å². The van der Waals surface area contributed by atoms with Gasteiger partial charge in [0.2, 0.25) is 0 Å². The van der Waals surface area contributed by atoms with Crippen molar-refractivity contribution >= 4 is 0 Å². The van der Waals surface area contributed by atoms with Crippen molar-refractivity contribution in [2.75, 3.05) is 0 Å². The van der Waals surface area contributed by atoms with Crippen LogP contribution < -0.4 is 5.32 Å². The molecule has 1 aromatic heterocycles. The molecular formula is C13H20F3N3. The number of hydrogen-bond donors (Lipinski definition) is 1. The molecule has 0 aliphatic heterocycles. The molecule has 1 rings (SSSR count). The number of alkyl halides is 3. The SMILES string of the molecule is Cc1nc(CCC(F)(F)F)nc(C)c1CNC(C)C. The molecule has 1 aromatic rings. The highest BCUT2D eigenvalue weighted by atomic mass is 19.4. The monoisotopic (exact) mass is 275 g/mol. The predicted octanol–water partition coefficient (Wildman–Crippen LogP) is 3.09. The van der Waals surface area contributed by atoms with Crippen LogP contribution in [-0.2, 0) is 13.0 Å². The number of halogens is 3. The largest absolute Gasteiger partial charge is 0.389 e. The molecule has 0 saturated heterocycles. The first-order chi connectivity index (χ1) is 8.69. The van der Waals surface area contributed by atoms with E-state index in [1.807, 2.05) is 27.7 Å². The lowest BCUT2D eigenvalue weighted by Gasteiger charge is -2.14. The zero-order chi connectivity index (χ0) is 14.6. The molecule has 3 nitrogen and oxygen atoms in total. The fourth-order valence-corrected chi connectivity index (χ4v) is 1.74. The van der Waals surface area contributed by atoms with Crippen molar-refractivity contribution in [3.05, 3.63) is 22.8 Å². The summed E-state index contributed by atoms with van der Waals surface area (Å²) in [5, 5.41) is 3.26. The summed E-state index contributed by atoms with van der Waals surface area (Å²) in [6, 6.07) is 0.337. The van der Waals surface area contributed by atoms with Gasteiger partial charge in [-0.1, -0.05) is 13.8 Å². The molecule has 0 amide bonds. The van der Waals surface area contributed by atoms with E-state index in [9.17, 15) is 13.2 Å². The second-order valence-corrected chi connectivity index (χ2v) is 4.94. The molecule has 1 N–H and O–H groups in total. The number of hydrogen-bond acceptors (Lipinski definition) is 3. The Balaban J connectivity index is 2.79. The van der Waals surface area contributed by atoms with E-state index in [0.717, 1.165) is 17.0 Å². The van der Waals surface area contributed by atoms with Crippen LogP contribution in [0.1, 0.15) is 43.0 Å². The molecule has 0 atom stereocenters. The lowest BCUT2D eigenvalue weighted by atomic mass is 10.1. The van der Waals surface area contributed by atoms with Crippen molar-refractivity contribution in [3.8, 4) is 0 Å². The fourth-order valence-electron chi connectivity index (χ4n) is 1.74. The summed E-state index contributed by atoms with van der Waals surface area (Å²) in [5.41, 5.74) is 2.46. The normalized spacial score (nSPS) is 12.2. The zero-order valence-electron chi connectivity index (χ0n) is 11.7. The molecule has 0 saturated carbocycles. The second kappa shape index (κ2) is 6.32. The highest BCUT2D eigenvalue weighted by Gasteiger charge is 2.27. The van der Waals surface area contributed by atoms with E-state index < -0.39 is 12.6 Å². The van der Waals surface area contributed by atoms with Crippen molar-refractivity contribution in [2.45, 2.75) is 59.3 Å². The Kier molecular flexibility index (Phi) is 5.29. The van der Waals surface area contributed by atoms with Gasteiger partial charge in [-0.2, -0.15) is 13.2 Å². The van der Waals surface area contributed by atoms with Gasteiger partial charge in [-0.25, -0.2) is 9.97 Å². The Morgan fingerprint density at radius 1 is 1.11 bits per heavy atom. The van der Waals surface area contributed by atoms with Crippen LogP contribution in [0.2, 0.25) is 0 Å². The number of nitrogens with zero attached hydrogens (tertiary/aromatic N) is 2. The van der Waals surface area contributed by atoms with Gasteiger partial charge in [0.05, 0.1) is 6.42 Å². The Labute approximate surface area is 111 Å². The second-order valence-electron chi connectivity index (χ2n) is 4.94. The molecule has 0 radical (unpaired) electrons. The molecule has 0 aliphatic carbocycles. The van der Waals surface area contributed by atoms with Gasteiger partial charge in [0.25, 0.3) is 0 Å². The third kappa shape index (κ3) is 5.55. The molecule has 6 heteroatoms. The summed E-state index contributed by atoms with van der Waals surface area (Å²) in [5.74, 6) is 0.264. The van der Waals surface area contributed by atoms with Gasteiger partial charge >= 0.3 is 6.18 Å². The Morgan fingerprint density at radius 2 is 1.63 bits per heavy atom. The standard InChI is InChI=1S/C13H20F3N3/c1-8(2)17-7-11-9(3)18-12(19-10(11)4)5-6-13(14,15)16/h8,17H,5-7H2,1-4H3. The summed E-state index contributed by atoms with van der Waals surface area (Å²) < 4.78 is 36.5. The lowest BCUT2D eigenvalue weighted by molar-refractivity contribution is -0.134. The van der Waals surface area contributed by atoms with E-state index in [1.54, 1.807) is 0 Å². The predicted molar refractivity (Wildman–Crippen MR) is 67.9 cm³/mol. The molecule has 0 bridgehead atoms. The van der Waals surface area contributed by atoms with Crippen molar-refractivity contribution in [1.82, 2.24) is 15.3 Å². The third-order valence-electron chi connectivity index (χ3n) is 2.79. The molecule has 1 heterocycles. The Bertz CT molecular complexity index is 405. The summed E-state index contributed by atoms with van der Waals surface area (Å²) in [7, 11) is 0. The van der Waals surface area contributed by atoms with Crippen LogP contribution in [0, 0.1) is 13.8 Å². The van der Waals surface area contributed by atoms with E-state index in [2.05, 4.69) is 15.3 Å². The molecular weight excluding hydrogens is 255 g/mol. The molecule has 0 spiro atoms. The quantitative estimate of drug-likeness (QED) is 0.897. The minimum atomic E-state index is -4.16. The highest BCUT2D eigenvalue weighted by Crippen LogP contribution is 2.21. The van der Waals surface area contributed by atoms with Crippen LogP contribution >= 0.6 is 0 Å². The van der Waals surface area contributed by atoms with Gasteiger partial charge in [-0.05, 0) is 13.8 Å². The average molecular weight is 275 g/mol. The average Bonchev–Trinajstić information content (AvgIpc) is 2.23. The maximum atomic E-state index is 12.2. The minimum absolute atomic E-state index is 0.164. The number of aryl methyl sites for hydroxylation is 3. The summed E-state index contributed by atoms with van der Waals surface area (Å²) in [4.78, 5) is 8.33. The van der Waals surface area contributed by atoms with Gasteiger partial charge in [0.15, 0.2) is 0 Å². The van der Waals surface area contributed by atoms with Gasteiger partial charge in [-0.3, -0.25) is 0 Å². The van der Waals surface area contributed by atoms with Crippen LogP contribution in [-0.4, -0.2) is 22.2 Å². The fraction of sp³-hybridized carbons (Fsp3) is 0.692. The zero-order valence-corrected chi connectivity index (χ0v) is 11.7. The Hall–Kier alpha value is -1.17. The van der Waals surface area contributed by atoms with Gasteiger partial charge < -0.3 is 5.32 Å². The number of rotatable bonds is 5. The minimum Gasteiger partial charge on any atom is -0.310 e. The van der Waals surface area contributed by atoms with E-state index >= 15 is 0 Å². The Morgan fingerprint density at radius 3 is 2.05 bits per heavy atom. The first-order valence-corrected chi connectivity index (χ1v) is 6.32. The van der Waals surface area contributed by atoms with Crippen molar-refractivity contribution in [3.63, 3.8) is 0 Å².